The average Bonchev–Trinajstić information content (AvgIpc) is 2.17. The molecule has 0 spiro atoms. The van der Waals surface area contributed by atoms with Crippen LogP contribution in [-0.4, -0.2) is 5.88 Å². The van der Waals surface area contributed by atoms with Gasteiger partial charge in [0.25, 0.3) is 0 Å². The molecule has 0 saturated carbocycles. The third-order valence-corrected chi connectivity index (χ3v) is 1.97. The maximum absolute atomic E-state index is 8.68. The van der Waals surface area contributed by atoms with Gasteiger partial charge in [-0.25, -0.2) is 0 Å². The minimum absolute atomic E-state index is 0.496. The van der Waals surface area contributed by atoms with Crippen molar-refractivity contribution in [3.63, 3.8) is 0 Å². The Kier molecular flexibility index (Phi) is 3.54. The number of alkyl halides is 1. The second-order valence-electron chi connectivity index (χ2n) is 2.74. The Hall–Kier alpha value is -1.26. The molecule has 13 heavy (non-hydrogen) atoms. The molecule has 66 valence electrons. The lowest BCUT2D eigenvalue weighted by molar-refractivity contribution is 1.41. The summed E-state index contributed by atoms with van der Waals surface area (Å²) in [4.78, 5) is 0. The number of aryl methyl sites for hydroxylation is 1. The van der Waals surface area contributed by atoms with Gasteiger partial charge in [-0.2, -0.15) is 5.26 Å². The molecule has 0 aliphatic carbocycles. The maximum atomic E-state index is 8.68. The number of benzene rings is 1. The zero-order valence-electron chi connectivity index (χ0n) is 7.42. The molecule has 1 rings (SSSR count). The van der Waals surface area contributed by atoms with Gasteiger partial charge in [0.1, 0.15) is 0 Å². The van der Waals surface area contributed by atoms with Crippen LogP contribution in [0, 0.1) is 18.3 Å². The van der Waals surface area contributed by atoms with Gasteiger partial charge in [0.05, 0.1) is 11.6 Å². The summed E-state index contributed by atoms with van der Waals surface area (Å²) in [6, 6.07) is 7.71. The topological polar surface area (TPSA) is 23.8 Å². The quantitative estimate of drug-likeness (QED) is 0.659. The number of rotatable bonds is 2. The zero-order chi connectivity index (χ0) is 9.68. The van der Waals surface area contributed by atoms with Crippen molar-refractivity contribution in [2.45, 2.75) is 6.92 Å². The SMILES string of the molecule is Cc1ccc(C#N)cc1C=CCCl. The maximum Gasteiger partial charge on any atom is 0.0991 e. The summed E-state index contributed by atoms with van der Waals surface area (Å²) >= 11 is 5.53. The highest BCUT2D eigenvalue weighted by atomic mass is 35.5. The molecule has 0 fully saturated rings. The lowest BCUT2D eigenvalue weighted by Gasteiger charge is -1.99. The van der Waals surface area contributed by atoms with Gasteiger partial charge >= 0.3 is 0 Å². The molecule has 0 aliphatic rings. The summed E-state index contributed by atoms with van der Waals surface area (Å²) in [5, 5.41) is 8.68. The van der Waals surface area contributed by atoms with Crippen LogP contribution in [-0.2, 0) is 0 Å². The van der Waals surface area contributed by atoms with E-state index in [0.29, 0.717) is 11.4 Å². The predicted molar refractivity (Wildman–Crippen MR) is 55.6 cm³/mol. The summed E-state index contributed by atoms with van der Waals surface area (Å²) in [6.45, 7) is 2.01. The monoisotopic (exact) mass is 191 g/mol. The van der Waals surface area contributed by atoms with Crippen LogP contribution in [0.3, 0.4) is 0 Å². The van der Waals surface area contributed by atoms with Gasteiger partial charge in [0.2, 0.25) is 0 Å². The molecule has 0 radical (unpaired) electrons. The van der Waals surface area contributed by atoms with Crippen LogP contribution in [0.4, 0.5) is 0 Å². The molecule has 0 atom stereocenters. The third kappa shape index (κ3) is 2.61. The van der Waals surface area contributed by atoms with Crippen LogP contribution in [0.2, 0.25) is 0 Å². The van der Waals surface area contributed by atoms with Crippen molar-refractivity contribution in [3.8, 4) is 6.07 Å². The Bertz CT molecular complexity index is 361. The minimum Gasteiger partial charge on any atom is -0.192 e. The van der Waals surface area contributed by atoms with E-state index in [1.165, 1.54) is 0 Å². The Morgan fingerprint density at radius 2 is 2.31 bits per heavy atom. The van der Waals surface area contributed by atoms with Crippen LogP contribution in [0.1, 0.15) is 16.7 Å². The second-order valence-corrected chi connectivity index (χ2v) is 3.05. The van der Waals surface area contributed by atoms with Crippen molar-refractivity contribution >= 4 is 17.7 Å². The summed E-state index contributed by atoms with van der Waals surface area (Å²) in [7, 11) is 0. The van der Waals surface area contributed by atoms with Gasteiger partial charge in [0.15, 0.2) is 0 Å². The number of nitrogens with zero attached hydrogens (tertiary/aromatic N) is 1. The first-order chi connectivity index (χ1) is 6.27. The Morgan fingerprint density at radius 3 is 2.92 bits per heavy atom. The van der Waals surface area contributed by atoms with Crippen molar-refractivity contribution in [1.29, 1.82) is 5.26 Å². The fourth-order valence-corrected chi connectivity index (χ4v) is 1.15. The predicted octanol–water partition coefficient (Wildman–Crippen LogP) is 3.12. The Balaban J connectivity index is 3.06. The number of nitriles is 1. The molecule has 0 saturated heterocycles. The molecule has 0 aliphatic heterocycles. The first-order valence-electron chi connectivity index (χ1n) is 4.01. The van der Waals surface area contributed by atoms with Gasteiger partial charge in [-0.3, -0.25) is 0 Å². The van der Waals surface area contributed by atoms with Crippen molar-refractivity contribution < 1.29 is 0 Å². The standard InChI is InChI=1S/C11H10ClN/c1-9-4-5-10(8-13)7-11(9)3-2-6-12/h2-5,7H,6H2,1H3. The van der Waals surface area contributed by atoms with E-state index < -0.39 is 0 Å². The van der Waals surface area contributed by atoms with E-state index in [1.54, 1.807) is 0 Å². The molecule has 0 unspecified atom stereocenters. The van der Waals surface area contributed by atoms with Gasteiger partial charge in [-0.15, -0.1) is 11.6 Å². The highest BCUT2D eigenvalue weighted by Crippen LogP contribution is 2.12. The van der Waals surface area contributed by atoms with Crippen LogP contribution in [0.15, 0.2) is 24.3 Å². The highest BCUT2D eigenvalue weighted by Gasteiger charge is 1.95. The Morgan fingerprint density at radius 1 is 1.54 bits per heavy atom. The van der Waals surface area contributed by atoms with Gasteiger partial charge in [-0.1, -0.05) is 18.2 Å². The molecular formula is C11H10ClN. The van der Waals surface area contributed by atoms with Crippen LogP contribution in [0.5, 0.6) is 0 Å². The molecule has 1 nitrogen and oxygen atoms in total. The summed E-state index contributed by atoms with van der Waals surface area (Å²) in [5.74, 6) is 0.496. The average molecular weight is 192 g/mol. The second kappa shape index (κ2) is 4.69. The summed E-state index contributed by atoms with van der Waals surface area (Å²) in [6.07, 6.45) is 3.80. The number of hydrogen-bond acceptors (Lipinski definition) is 1. The van der Waals surface area contributed by atoms with E-state index in [0.717, 1.165) is 11.1 Å². The summed E-state index contributed by atoms with van der Waals surface area (Å²) < 4.78 is 0. The van der Waals surface area contributed by atoms with E-state index in [1.807, 2.05) is 37.3 Å². The lowest BCUT2D eigenvalue weighted by Crippen LogP contribution is -1.82. The van der Waals surface area contributed by atoms with E-state index >= 15 is 0 Å². The molecule has 1 aromatic rings. The Labute approximate surface area is 83.3 Å². The lowest BCUT2D eigenvalue weighted by atomic mass is 10.1. The minimum atomic E-state index is 0.496. The van der Waals surface area contributed by atoms with Gasteiger partial charge in [0, 0.05) is 5.88 Å². The zero-order valence-corrected chi connectivity index (χ0v) is 8.17. The van der Waals surface area contributed by atoms with Crippen LogP contribution in [0.25, 0.3) is 6.08 Å². The molecule has 0 bridgehead atoms. The van der Waals surface area contributed by atoms with Crippen molar-refractivity contribution in [1.82, 2.24) is 0 Å². The first kappa shape index (κ1) is 9.83. The van der Waals surface area contributed by atoms with E-state index in [-0.39, 0.29) is 0 Å². The first-order valence-corrected chi connectivity index (χ1v) is 4.54. The molecule has 0 N–H and O–H groups in total. The van der Waals surface area contributed by atoms with Crippen LogP contribution < -0.4 is 0 Å². The van der Waals surface area contributed by atoms with Gasteiger partial charge < -0.3 is 0 Å². The molecule has 2 heteroatoms. The number of hydrogen-bond donors (Lipinski definition) is 0. The van der Waals surface area contributed by atoms with E-state index in [2.05, 4.69) is 6.07 Å². The van der Waals surface area contributed by atoms with Crippen LogP contribution >= 0.6 is 11.6 Å². The van der Waals surface area contributed by atoms with Crippen molar-refractivity contribution in [3.05, 3.63) is 41.0 Å². The summed E-state index contributed by atoms with van der Waals surface area (Å²) in [5.41, 5.74) is 2.89. The molecule has 0 heterocycles. The van der Waals surface area contributed by atoms with Gasteiger partial charge in [-0.05, 0) is 30.2 Å². The normalized spacial score (nSPS) is 10.2. The fraction of sp³-hybridized carbons (Fsp3) is 0.182. The third-order valence-electron chi connectivity index (χ3n) is 1.79. The molecule has 0 amide bonds. The molecule has 1 aromatic carbocycles. The van der Waals surface area contributed by atoms with Crippen molar-refractivity contribution in [2.75, 3.05) is 5.88 Å². The molecule has 0 aromatic heterocycles. The highest BCUT2D eigenvalue weighted by molar-refractivity contribution is 6.19. The van der Waals surface area contributed by atoms with E-state index in [9.17, 15) is 0 Å². The fourth-order valence-electron chi connectivity index (χ4n) is 1.06. The molecular weight excluding hydrogens is 182 g/mol. The largest absolute Gasteiger partial charge is 0.192 e. The number of halogens is 1. The van der Waals surface area contributed by atoms with E-state index in [4.69, 9.17) is 16.9 Å². The van der Waals surface area contributed by atoms with Crippen molar-refractivity contribution in [2.24, 2.45) is 0 Å². The smallest absolute Gasteiger partial charge is 0.0991 e. The number of allylic oxidation sites excluding steroid dienone is 1.